The van der Waals surface area contributed by atoms with Gasteiger partial charge in [-0.15, -0.1) is 0 Å². The molecule has 1 aromatic rings. The first-order chi connectivity index (χ1) is 7.36. The second-order valence-electron chi connectivity index (χ2n) is 2.82. The van der Waals surface area contributed by atoms with Gasteiger partial charge in [-0.3, -0.25) is 0 Å². The molecule has 0 bridgehead atoms. The fourth-order valence-corrected chi connectivity index (χ4v) is 1.58. The van der Waals surface area contributed by atoms with Gasteiger partial charge in [-0.2, -0.15) is 13.2 Å². The van der Waals surface area contributed by atoms with Crippen molar-refractivity contribution in [1.82, 2.24) is 0 Å². The van der Waals surface area contributed by atoms with E-state index in [2.05, 4.69) is 11.8 Å². The van der Waals surface area contributed by atoms with Crippen LogP contribution in [0.15, 0.2) is 12.1 Å². The Labute approximate surface area is 100 Å². The van der Waals surface area contributed by atoms with Crippen molar-refractivity contribution in [3.05, 3.63) is 33.3 Å². The first-order valence-electron chi connectivity index (χ1n) is 4.11. The first-order valence-corrected chi connectivity index (χ1v) is 4.87. The Bertz CT molecular complexity index is 434. The molecule has 0 fully saturated rings. The lowest BCUT2D eigenvalue weighted by molar-refractivity contribution is -0.137. The summed E-state index contributed by atoms with van der Waals surface area (Å²) < 4.78 is 37.1. The highest BCUT2D eigenvalue weighted by atomic mass is 35.5. The molecule has 2 N–H and O–H groups in total. The van der Waals surface area contributed by atoms with Gasteiger partial charge in [0.25, 0.3) is 0 Å². The van der Waals surface area contributed by atoms with E-state index in [0.717, 1.165) is 12.1 Å². The van der Waals surface area contributed by atoms with Gasteiger partial charge in [-0.05, 0) is 12.1 Å². The molecule has 0 aliphatic carbocycles. The van der Waals surface area contributed by atoms with E-state index in [9.17, 15) is 13.2 Å². The third kappa shape index (κ3) is 3.05. The molecule has 0 radical (unpaired) electrons. The summed E-state index contributed by atoms with van der Waals surface area (Å²) in [5.74, 6) is 4.99. The summed E-state index contributed by atoms with van der Waals surface area (Å²) >= 11 is 11.3. The summed E-state index contributed by atoms with van der Waals surface area (Å²) in [6.45, 7) is 0.0771. The lowest BCUT2D eigenvalue weighted by Crippen LogP contribution is -2.05. The molecule has 0 spiro atoms. The van der Waals surface area contributed by atoms with Crippen molar-refractivity contribution < 1.29 is 13.2 Å². The third-order valence-corrected chi connectivity index (χ3v) is 2.28. The molecule has 0 heterocycles. The zero-order chi connectivity index (χ0) is 12.3. The molecule has 0 saturated heterocycles. The smallest absolute Gasteiger partial charge is 0.320 e. The third-order valence-electron chi connectivity index (χ3n) is 1.68. The molecular weight excluding hydrogens is 262 g/mol. The van der Waals surface area contributed by atoms with Gasteiger partial charge in [0.2, 0.25) is 0 Å². The molecule has 0 aromatic heterocycles. The van der Waals surface area contributed by atoms with Crippen LogP contribution >= 0.6 is 23.2 Å². The van der Waals surface area contributed by atoms with Crippen molar-refractivity contribution in [2.75, 3.05) is 6.54 Å². The number of alkyl halides is 3. The normalized spacial score (nSPS) is 10.9. The topological polar surface area (TPSA) is 26.0 Å². The van der Waals surface area contributed by atoms with Crippen molar-refractivity contribution >= 4 is 23.2 Å². The lowest BCUT2D eigenvalue weighted by Gasteiger charge is -2.09. The van der Waals surface area contributed by atoms with Crippen LogP contribution in [-0.2, 0) is 6.18 Å². The Morgan fingerprint density at radius 2 is 1.69 bits per heavy atom. The van der Waals surface area contributed by atoms with Crippen LogP contribution in [-0.4, -0.2) is 6.54 Å². The second kappa shape index (κ2) is 4.96. The van der Waals surface area contributed by atoms with E-state index in [1.165, 1.54) is 0 Å². The van der Waals surface area contributed by atoms with Crippen LogP contribution in [0.5, 0.6) is 0 Å². The van der Waals surface area contributed by atoms with Gasteiger partial charge in [0.1, 0.15) is 0 Å². The summed E-state index contributed by atoms with van der Waals surface area (Å²) in [7, 11) is 0. The van der Waals surface area contributed by atoms with Gasteiger partial charge >= 0.3 is 6.18 Å². The van der Waals surface area contributed by atoms with E-state index >= 15 is 0 Å². The van der Waals surface area contributed by atoms with E-state index in [4.69, 9.17) is 28.9 Å². The van der Waals surface area contributed by atoms with E-state index in [-0.39, 0.29) is 22.2 Å². The fourth-order valence-electron chi connectivity index (χ4n) is 0.996. The van der Waals surface area contributed by atoms with E-state index in [1.54, 1.807) is 0 Å². The minimum atomic E-state index is -4.48. The minimum absolute atomic E-state index is 0.0771. The minimum Gasteiger partial charge on any atom is -0.320 e. The maximum atomic E-state index is 12.4. The predicted molar refractivity (Wildman–Crippen MR) is 57.4 cm³/mol. The van der Waals surface area contributed by atoms with Crippen molar-refractivity contribution in [2.24, 2.45) is 5.73 Å². The highest BCUT2D eigenvalue weighted by Crippen LogP contribution is 2.35. The molecule has 6 heteroatoms. The number of nitrogens with two attached hydrogens (primary N) is 1. The molecule has 16 heavy (non-hydrogen) atoms. The van der Waals surface area contributed by atoms with Crippen LogP contribution in [0, 0.1) is 11.8 Å². The summed E-state index contributed by atoms with van der Waals surface area (Å²) in [5.41, 5.74) is 4.39. The van der Waals surface area contributed by atoms with Gasteiger partial charge in [-0.25, -0.2) is 0 Å². The SMILES string of the molecule is NCC#Cc1c(Cl)cc(C(F)(F)F)cc1Cl. The maximum absolute atomic E-state index is 12.4. The van der Waals surface area contributed by atoms with Gasteiger partial charge in [-0.1, -0.05) is 35.0 Å². The molecule has 0 saturated carbocycles. The molecule has 1 rings (SSSR count). The second-order valence-corrected chi connectivity index (χ2v) is 3.63. The van der Waals surface area contributed by atoms with Crippen LogP contribution in [0.2, 0.25) is 10.0 Å². The Balaban J connectivity index is 3.28. The van der Waals surface area contributed by atoms with E-state index in [0.29, 0.717) is 0 Å². The van der Waals surface area contributed by atoms with E-state index in [1.807, 2.05) is 0 Å². The van der Waals surface area contributed by atoms with Crippen LogP contribution in [0.25, 0.3) is 0 Å². The van der Waals surface area contributed by atoms with Crippen molar-refractivity contribution in [3.8, 4) is 11.8 Å². The van der Waals surface area contributed by atoms with E-state index < -0.39 is 11.7 Å². The quantitative estimate of drug-likeness (QED) is 0.717. The Morgan fingerprint density at radius 1 is 1.19 bits per heavy atom. The van der Waals surface area contributed by atoms with Gasteiger partial charge in [0.05, 0.1) is 27.7 Å². The monoisotopic (exact) mass is 267 g/mol. The molecule has 1 aromatic carbocycles. The molecule has 0 unspecified atom stereocenters. The molecule has 1 nitrogen and oxygen atoms in total. The lowest BCUT2D eigenvalue weighted by atomic mass is 10.1. The molecule has 0 aliphatic heterocycles. The Kier molecular flexibility index (Phi) is 4.09. The Morgan fingerprint density at radius 3 is 2.06 bits per heavy atom. The zero-order valence-electron chi connectivity index (χ0n) is 7.83. The van der Waals surface area contributed by atoms with Crippen molar-refractivity contribution in [1.29, 1.82) is 0 Å². The number of halogens is 5. The van der Waals surface area contributed by atoms with Crippen LogP contribution in [0.4, 0.5) is 13.2 Å². The number of benzene rings is 1. The molecular formula is C10H6Cl2F3N. The largest absolute Gasteiger partial charge is 0.416 e. The molecule has 86 valence electrons. The first kappa shape index (κ1) is 13.2. The maximum Gasteiger partial charge on any atom is 0.416 e. The molecule has 0 atom stereocenters. The van der Waals surface area contributed by atoms with Crippen LogP contribution in [0.1, 0.15) is 11.1 Å². The number of rotatable bonds is 0. The number of hydrogen-bond acceptors (Lipinski definition) is 1. The summed E-state index contributed by atoms with van der Waals surface area (Å²) in [5, 5.41) is -0.276. The van der Waals surface area contributed by atoms with Gasteiger partial charge < -0.3 is 5.73 Å². The highest BCUT2D eigenvalue weighted by Gasteiger charge is 2.31. The van der Waals surface area contributed by atoms with Gasteiger partial charge in [0, 0.05) is 0 Å². The van der Waals surface area contributed by atoms with Crippen molar-refractivity contribution in [3.63, 3.8) is 0 Å². The average molecular weight is 268 g/mol. The molecule has 0 amide bonds. The zero-order valence-corrected chi connectivity index (χ0v) is 9.34. The van der Waals surface area contributed by atoms with Crippen molar-refractivity contribution in [2.45, 2.75) is 6.18 Å². The summed E-state index contributed by atoms with van der Waals surface area (Å²) in [6.07, 6.45) is -4.48. The van der Waals surface area contributed by atoms with Gasteiger partial charge in [0.15, 0.2) is 0 Å². The predicted octanol–water partition coefficient (Wildman–Crippen LogP) is 3.32. The fraction of sp³-hybridized carbons (Fsp3) is 0.200. The van der Waals surface area contributed by atoms with Crippen LogP contribution in [0.3, 0.4) is 0 Å². The average Bonchev–Trinajstić information content (AvgIpc) is 2.15. The molecule has 0 aliphatic rings. The summed E-state index contributed by atoms with van der Waals surface area (Å²) in [6, 6.07) is 1.57. The standard InChI is InChI=1S/C10H6Cl2F3N/c11-8-4-6(10(13,14)15)5-9(12)7(8)2-1-3-16/h4-5H,3,16H2. The highest BCUT2D eigenvalue weighted by molar-refractivity contribution is 6.36. The summed E-state index contributed by atoms with van der Waals surface area (Å²) in [4.78, 5) is 0. The Hall–Kier alpha value is -0.890. The van der Waals surface area contributed by atoms with Crippen LogP contribution < -0.4 is 5.73 Å². The number of hydrogen-bond donors (Lipinski definition) is 1.